The molecule has 24 heavy (non-hydrogen) atoms. The third-order valence-electron chi connectivity index (χ3n) is 3.89. The fraction of sp³-hybridized carbons (Fsp3) is 0.143. The van der Waals surface area contributed by atoms with Crippen molar-refractivity contribution in [2.75, 3.05) is 12.4 Å². The summed E-state index contributed by atoms with van der Waals surface area (Å²) >= 11 is 0. The van der Waals surface area contributed by atoms with Gasteiger partial charge in [-0.15, -0.1) is 0 Å². The Hall–Kier alpha value is -2.94. The van der Waals surface area contributed by atoms with Gasteiger partial charge in [0.15, 0.2) is 0 Å². The van der Waals surface area contributed by atoms with Crippen LogP contribution in [0.1, 0.15) is 11.1 Å². The van der Waals surface area contributed by atoms with E-state index in [0.29, 0.717) is 6.61 Å². The van der Waals surface area contributed by atoms with Crippen LogP contribution in [0.15, 0.2) is 72.8 Å². The summed E-state index contributed by atoms with van der Waals surface area (Å²) in [7, 11) is 1.66. The first kappa shape index (κ1) is 15.9. The Morgan fingerprint density at radius 1 is 0.750 bits per heavy atom. The van der Waals surface area contributed by atoms with Gasteiger partial charge in [0, 0.05) is 11.4 Å². The van der Waals surface area contributed by atoms with Crippen molar-refractivity contribution in [1.82, 2.24) is 0 Å². The number of methoxy groups -OCH3 is 1. The maximum atomic E-state index is 5.86. The molecule has 3 rings (SSSR count). The van der Waals surface area contributed by atoms with Crippen LogP contribution in [-0.4, -0.2) is 7.11 Å². The maximum absolute atomic E-state index is 5.86. The van der Waals surface area contributed by atoms with E-state index >= 15 is 0 Å². The zero-order valence-electron chi connectivity index (χ0n) is 14.0. The van der Waals surface area contributed by atoms with Crippen LogP contribution < -0.4 is 14.8 Å². The summed E-state index contributed by atoms with van der Waals surface area (Å²) in [6.45, 7) is 2.68. The van der Waals surface area contributed by atoms with E-state index in [9.17, 15) is 0 Å². The van der Waals surface area contributed by atoms with E-state index in [1.807, 2.05) is 60.7 Å². The van der Waals surface area contributed by atoms with Crippen molar-refractivity contribution < 1.29 is 9.47 Å². The van der Waals surface area contributed by atoms with Gasteiger partial charge >= 0.3 is 0 Å². The van der Waals surface area contributed by atoms with Gasteiger partial charge in [0.25, 0.3) is 0 Å². The van der Waals surface area contributed by atoms with Crippen molar-refractivity contribution in [3.8, 4) is 11.5 Å². The summed E-state index contributed by atoms with van der Waals surface area (Å²) in [5.41, 5.74) is 4.49. The van der Waals surface area contributed by atoms with Gasteiger partial charge in [-0.3, -0.25) is 0 Å². The molecular formula is C21H21NO2. The number of hydrogen-bond acceptors (Lipinski definition) is 3. The summed E-state index contributed by atoms with van der Waals surface area (Å²) in [6, 6.07) is 24.1. The molecule has 3 aromatic rings. The molecular weight excluding hydrogens is 298 g/mol. The van der Waals surface area contributed by atoms with Gasteiger partial charge in [0.05, 0.1) is 7.11 Å². The molecule has 0 aliphatic carbocycles. The second kappa shape index (κ2) is 7.55. The Morgan fingerprint density at radius 3 is 1.92 bits per heavy atom. The third-order valence-corrected chi connectivity index (χ3v) is 3.89. The lowest BCUT2D eigenvalue weighted by Crippen LogP contribution is -1.97. The zero-order chi connectivity index (χ0) is 16.8. The quantitative estimate of drug-likeness (QED) is 0.666. The molecule has 3 aromatic carbocycles. The smallest absolute Gasteiger partial charge is 0.119 e. The van der Waals surface area contributed by atoms with Crippen molar-refractivity contribution in [3.05, 3.63) is 83.9 Å². The molecule has 0 unspecified atom stereocenters. The van der Waals surface area contributed by atoms with E-state index in [1.54, 1.807) is 7.11 Å². The average molecular weight is 319 g/mol. The number of nitrogens with one attached hydrogen (secondary N) is 1. The molecule has 0 spiro atoms. The summed E-state index contributed by atoms with van der Waals surface area (Å²) < 4.78 is 11.0. The Kier molecular flexibility index (Phi) is 5.02. The van der Waals surface area contributed by atoms with E-state index in [4.69, 9.17) is 9.47 Å². The molecule has 1 N–H and O–H groups in total. The van der Waals surface area contributed by atoms with E-state index < -0.39 is 0 Å². The van der Waals surface area contributed by atoms with Gasteiger partial charge in [-0.1, -0.05) is 24.3 Å². The molecule has 0 fully saturated rings. The molecule has 0 aliphatic rings. The summed E-state index contributed by atoms with van der Waals surface area (Å²) in [6.07, 6.45) is 0. The van der Waals surface area contributed by atoms with Crippen LogP contribution in [0.3, 0.4) is 0 Å². The highest BCUT2D eigenvalue weighted by Crippen LogP contribution is 2.22. The zero-order valence-corrected chi connectivity index (χ0v) is 14.0. The fourth-order valence-corrected chi connectivity index (χ4v) is 2.41. The molecule has 0 atom stereocenters. The van der Waals surface area contributed by atoms with E-state index in [-0.39, 0.29) is 0 Å². The van der Waals surface area contributed by atoms with Gasteiger partial charge in [-0.25, -0.2) is 0 Å². The van der Waals surface area contributed by atoms with Crippen LogP contribution in [0.25, 0.3) is 0 Å². The molecule has 0 saturated heterocycles. The van der Waals surface area contributed by atoms with Crippen LogP contribution in [-0.2, 0) is 6.61 Å². The minimum absolute atomic E-state index is 0.581. The Morgan fingerprint density at radius 2 is 1.33 bits per heavy atom. The van der Waals surface area contributed by atoms with Crippen molar-refractivity contribution in [3.63, 3.8) is 0 Å². The van der Waals surface area contributed by atoms with Crippen LogP contribution >= 0.6 is 0 Å². The van der Waals surface area contributed by atoms with Gasteiger partial charge in [-0.2, -0.15) is 0 Å². The minimum Gasteiger partial charge on any atom is -0.497 e. The average Bonchev–Trinajstić information content (AvgIpc) is 2.63. The van der Waals surface area contributed by atoms with Crippen LogP contribution in [0.2, 0.25) is 0 Å². The highest BCUT2D eigenvalue weighted by molar-refractivity contribution is 5.61. The predicted octanol–water partition coefficient (Wildman–Crippen LogP) is 5.33. The first-order valence-electron chi connectivity index (χ1n) is 7.93. The van der Waals surface area contributed by atoms with Crippen LogP contribution in [0, 0.1) is 6.92 Å². The first-order valence-corrected chi connectivity index (χ1v) is 7.93. The lowest BCUT2D eigenvalue weighted by molar-refractivity contribution is 0.305. The van der Waals surface area contributed by atoms with E-state index in [1.165, 1.54) is 11.1 Å². The Labute approximate surface area is 142 Å². The summed E-state index contributed by atoms with van der Waals surface area (Å²) in [5.74, 6) is 1.71. The van der Waals surface area contributed by atoms with Gasteiger partial charge in [0.2, 0.25) is 0 Å². The van der Waals surface area contributed by atoms with Crippen LogP contribution in [0.4, 0.5) is 11.4 Å². The molecule has 0 radical (unpaired) electrons. The highest BCUT2D eigenvalue weighted by atomic mass is 16.5. The van der Waals surface area contributed by atoms with Gasteiger partial charge < -0.3 is 14.8 Å². The van der Waals surface area contributed by atoms with Crippen LogP contribution in [0.5, 0.6) is 11.5 Å². The van der Waals surface area contributed by atoms with Crippen molar-refractivity contribution in [2.24, 2.45) is 0 Å². The molecule has 0 bridgehead atoms. The third kappa shape index (κ3) is 4.07. The number of anilines is 2. The fourth-order valence-electron chi connectivity index (χ4n) is 2.41. The molecule has 0 saturated carbocycles. The molecule has 3 heteroatoms. The molecule has 0 aromatic heterocycles. The minimum atomic E-state index is 0.581. The topological polar surface area (TPSA) is 30.5 Å². The molecule has 0 aliphatic heterocycles. The lowest BCUT2D eigenvalue weighted by atomic mass is 10.1. The standard InChI is InChI=1S/C21H21NO2/c1-16-5-3-4-6-17(16)15-24-21-13-9-19(10-14-21)22-18-7-11-20(23-2)12-8-18/h3-14,22H,15H2,1-2H3. The maximum Gasteiger partial charge on any atom is 0.119 e. The predicted molar refractivity (Wildman–Crippen MR) is 98.2 cm³/mol. The SMILES string of the molecule is COc1ccc(Nc2ccc(OCc3ccccc3C)cc2)cc1. The highest BCUT2D eigenvalue weighted by Gasteiger charge is 2.00. The normalized spacial score (nSPS) is 10.2. The summed E-state index contributed by atoms with van der Waals surface area (Å²) in [5, 5.41) is 3.35. The van der Waals surface area contributed by atoms with Crippen molar-refractivity contribution >= 4 is 11.4 Å². The van der Waals surface area contributed by atoms with Gasteiger partial charge in [-0.05, 0) is 66.6 Å². The van der Waals surface area contributed by atoms with Gasteiger partial charge in [0.1, 0.15) is 18.1 Å². The number of rotatable bonds is 6. The molecule has 122 valence electrons. The molecule has 3 nitrogen and oxygen atoms in total. The van der Waals surface area contributed by atoms with Crippen molar-refractivity contribution in [2.45, 2.75) is 13.5 Å². The van der Waals surface area contributed by atoms with E-state index in [0.717, 1.165) is 22.9 Å². The number of benzene rings is 3. The van der Waals surface area contributed by atoms with E-state index in [2.05, 4.69) is 24.4 Å². The Balaban J connectivity index is 1.59. The molecule has 0 amide bonds. The first-order chi connectivity index (χ1) is 11.7. The number of ether oxygens (including phenoxy) is 2. The molecule has 0 heterocycles. The second-order valence-corrected chi connectivity index (χ2v) is 5.59. The largest absolute Gasteiger partial charge is 0.497 e. The van der Waals surface area contributed by atoms with Crippen molar-refractivity contribution in [1.29, 1.82) is 0 Å². The monoisotopic (exact) mass is 319 g/mol. The number of aryl methyl sites for hydroxylation is 1. The lowest BCUT2D eigenvalue weighted by Gasteiger charge is -2.10. The summed E-state index contributed by atoms with van der Waals surface area (Å²) in [4.78, 5) is 0. The number of hydrogen-bond donors (Lipinski definition) is 1. The second-order valence-electron chi connectivity index (χ2n) is 5.59. The Bertz CT molecular complexity index is 780.